The molecule has 0 spiro atoms. The van der Waals surface area contributed by atoms with Gasteiger partial charge in [-0.15, -0.1) is 11.3 Å². The fourth-order valence-electron chi connectivity index (χ4n) is 2.57. The first-order chi connectivity index (χ1) is 13.0. The quantitative estimate of drug-likeness (QED) is 0.648. The smallest absolute Gasteiger partial charge is 0.226 e. The van der Waals surface area contributed by atoms with Crippen molar-refractivity contribution in [3.63, 3.8) is 0 Å². The molecule has 0 aliphatic rings. The minimum Gasteiger partial charge on any atom is -0.486 e. The summed E-state index contributed by atoms with van der Waals surface area (Å²) in [6, 6.07) is 13.8. The Labute approximate surface area is 162 Å². The highest BCUT2D eigenvalue weighted by molar-refractivity contribution is 7.09. The van der Waals surface area contributed by atoms with Gasteiger partial charge < -0.3 is 10.1 Å². The molecule has 0 aliphatic heterocycles. The second-order valence-electron chi connectivity index (χ2n) is 6.35. The number of halogens is 1. The molecular formula is C21H21FN2O2S. The summed E-state index contributed by atoms with van der Waals surface area (Å²) in [5.74, 6) is 0.381. The molecular weight excluding hydrogens is 363 g/mol. The topological polar surface area (TPSA) is 51.2 Å². The molecule has 4 nitrogen and oxygen atoms in total. The van der Waals surface area contributed by atoms with Crippen LogP contribution in [0.5, 0.6) is 5.75 Å². The summed E-state index contributed by atoms with van der Waals surface area (Å²) in [5, 5.41) is 5.60. The molecule has 3 aromatic rings. The number of aromatic nitrogens is 1. The summed E-state index contributed by atoms with van der Waals surface area (Å²) in [6.45, 7) is 4.27. The number of carbonyl (C=O) groups is 1. The molecule has 1 unspecified atom stereocenters. The molecule has 0 saturated heterocycles. The van der Waals surface area contributed by atoms with Gasteiger partial charge in [-0.3, -0.25) is 4.79 Å². The van der Waals surface area contributed by atoms with Crippen LogP contribution < -0.4 is 10.1 Å². The van der Waals surface area contributed by atoms with E-state index in [0.29, 0.717) is 12.3 Å². The second kappa shape index (κ2) is 8.77. The zero-order valence-electron chi connectivity index (χ0n) is 15.2. The number of thiazole rings is 1. The average molecular weight is 384 g/mol. The van der Waals surface area contributed by atoms with Gasteiger partial charge in [-0.25, -0.2) is 9.37 Å². The third-order valence-corrected chi connectivity index (χ3v) is 4.94. The van der Waals surface area contributed by atoms with E-state index in [1.165, 1.54) is 29.0 Å². The summed E-state index contributed by atoms with van der Waals surface area (Å²) in [5.41, 5.74) is 2.75. The first kappa shape index (κ1) is 19.0. The number of amides is 1. The van der Waals surface area contributed by atoms with E-state index in [4.69, 9.17) is 4.74 Å². The Morgan fingerprint density at radius 2 is 1.89 bits per heavy atom. The van der Waals surface area contributed by atoms with E-state index in [1.807, 2.05) is 43.5 Å². The van der Waals surface area contributed by atoms with Gasteiger partial charge in [0.2, 0.25) is 5.91 Å². The third-order valence-electron chi connectivity index (χ3n) is 4.07. The van der Waals surface area contributed by atoms with Gasteiger partial charge in [0.05, 0.1) is 18.2 Å². The first-order valence-electron chi connectivity index (χ1n) is 8.67. The van der Waals surface area contributed by atoms with Crippen molar-refractivity contribution in [3.8, 4) is 5.75 Å². The summed E-state index contributed by atoms with van der Waals surface area (Å²) in [7, 11) is 0. The van der Waals surface area contributed by atoms with Crippen molar-refractivity contribution in [2.45, 2.75) is 32.9 Å². The van der Waals surface area contributed by atoms with Crippen molar-refractivity contribution in [1.82, 2.24) is 10.3 Å². The van der Waals surface area contributed by atoms with E-state index in [0.717, 1.165) is 16.3 Å². The Morgan fingerprint density at radius 1 is 1.19 bits per heavy atom. The number of aryl methyl sites for hydroxylation is 1. The maximum atomic E-state index is 13.0. The number of carbonyl (C=O) groups excluding carboxylic acids is 1. The van der Waals surface area contributed by atoms with Crippen LogP contribution in [-0.2, 0) is 17.8 Å². The first-order valence-corrected chi connectivity index (χ1v) is 9.55. The molecule has 3 rings (SSSR count). The van der Waals surface area contributed by atoms with E-state index in [-0.39, 0.29) is 24.2 Å². The number of nitrogens with one attached hydrogen (secondary N) is 1. The Hall–Kier alpha value is -2.73. The zero-order valence-corrected chi connectivity index (χ0v) is 16.1. The lowest BCUT2D eigenvalue weighted by atomic mass is 10.1. The molecule has 0 bridgehead atoms. The van der Waals surface area contributed by atoms with E-state index < -0.39 is 0 Å². The molecule has 1 atom stereocenters. The van der Waals surface area contributed by atoms with Crippen molar-refractivity contribution < 1.29 is 13.9 Å². The van der Waals surface area contributed by atoms with E-state index in [1.54, 1.807) is 12.1 Å². The molecule has 1 heterocycles. The molecule has 0 saturated carbocycles. The van der Waals surface area contributed by atoms with Crippen molar-refractivity contribution in [2.75, 3.05) is 0 Å². The zero-order chi connectivity index (χ0) is 19.2. The van der Waals surface area contributed by atoms with E-state index >= 15 is 0 Å². The number of ether oxygens (including phenoxy) is 1. The monoisotopic (exact) mass is 384 g/mol. The lowest BCUT2D eigenvalue weighted by molar-refractivity contribution is -0.121. The summed E-state index contributed by atoms with van der Waals surface area (Å²) in [6.07, 6.45) is 0.201. The minimum atomic E-state index is -0.292. The van der Waals surface area contributed by atoms with Gasteiger partial charge in [-0.2, -0.15) is 0 Å². The van der Waals surface area contributed by atoms with E-state index in [2.05, 4.69) is 10.3 Å². The predicted octanol–water partition coefficient (Wildman–Crippen LogP) is 4.59. The number of benzene rings is 2. The molecule has 2 aromatic carbocycles. The highest BCUT2D eigenvalue weighted by Gasteiger charge is 2.12. The SMILES string of the molecule is Cc1ccc(OCc2nc(CC(=O)NC(C)c3ccc(F)cc3)cs2)cc1. The number of nitrogens with zero attached hydrogens (tertiary/aromatic N) is 1. The highest BCUT2D eigenvalue weighted by Crippen LogP contribution is 2.17. The summed E-state index contributed by atoms with van der Waals surface area (Å²) in [4.78, 5) is 16.7. The van der Waals surface area contributed by atoms with Crippen LogP contribution in [0.1, 0.15) is 34.8 Å². The fraction of sp³-hybridized carbons (Fsp3) is 0.238. The maximum Gasteiger partial charge on any atom is 0.226 e. The van der Waals surface area contributed by atoms with Crippen LogP contribution in [0.2, 0.25) is 0 Å². The van der Waals surface area contributed by atoms with Gasteiger partial charge in [0.25, 0.3) is 0 Å². The lowest BCUT2D eigenvalue weighted by Crippen LogP contribution is -2.28. The Balaban J connectivity index is 1.50. The minimum absolute atomic E-state index is 0.122. The van der Waals surface area contributed by atoms with Crippen LogP contribution in [0.25, 0.3) is 0 Å². The number of hydrogen-bond acceptors (Lipinski definition) is 4. The van der Waals surface area contributed by atoms with Crippen LogP contribution in [0, 0.1) is 12.7 Å². The Morgan fingerprint density at radius 3 is 2.59 bits per heavy atom. The van der Waals surface area contributed by atoms with Crippen molar-refractivity contribution >= 4 is 17.2 Å². The van der Waals surface area contributed by atoms with Gasteiger partial charge in [0.1, 0.15) is 23.2 Å². The van der Waals surface area contributed by atoms with Crippen LogP contribution in [0.4, 0.5) is 4.39 Å². The second-order valence-corrected chi connectivity index (χ2v) is 7.29. The molecule has 1 aromatic heterocycles. The molecule has 140 valence electrons. The van der Waals surface area contributed by atoms with Crippen molar-refractivity contribution in [2.24, 2.45) is 0 Å². The molecule has 27 heavy (non-hydrogen) atoms. The van der Waals surface area contributed by atoms with Gasteiger partial charge in [-0.05, 0) is 43.7 Å². The standard InChI is InChI=1S/C21H21FN2O2S/c1-14-3-9-19(10-4-14)26-12-21-24-18(13-27-21)11-20(25)23-15(2)16-5-7-17(22)8-6-16/h3-10,13,15H,11-12H2,1-2H3,(H,23,25). The van der Waals surface area contributed by atoms with Gasteiger partial charge in [-0.1, -0.05) is 29.8 Å². The van der Waals surface area contributed by atoms with Crippen molar-refractivity contribution in [1.29, 1.82) is 0 Å². The average Bonchev–Trinajstić information content (AvgIpc) is 3.09. The molecule has 1 N–H and O–H groups in total. The van der Waals surface area contributed by atoms with Crippen LogP contribution in [0.15, 0.2) is 53.9 Å². The normalized spacial score (nSPS) is 11.8. The van der Waals surface area contributed by atoms with Crippen LogP contribution in [-0.4, -0.2) is 10.9 Å². The van der Waals surface area contributed by atoms with Gasteiger partial charge >= 0.3 is 0 Å². The number of rotatable bonds is 7. The third kappa shape index (κ3) is 5.62. The van der Waals surface area contributed by atoms with Crippen LogP contribution >= 0.6 is 11.3 Å². The maximum absolute atomic E-state index is 13.0. The summed E-state index contributed by atoms with van der Waals surface area (Å²) < 4.78 is 18.7. The largest absolute Gasteiger partial charge is 0.486 e. The van der Waals surface area contributed by atoms with Crippen molar-refractivity contribution in [3.05, 3.63) is 81.6 Å². The van der Waals surface area contributed by atoms with E-state index in [9.17, 15) is 9.18 Å². The Kier molecular flexibility index (Phi) is 6.19. The molecule has 0 aliphatic carbocycles. The highest BCUT2D eigenvalue weighted by atomic mass is 32.1. The lowest BCUT2D eigenvalue weighted by Gasteiger charge is -2.13. The fourth-order valence-corrected chi connectivity index (χ4v) is 3.27. The molecule has 6 heteroatoms. The molecule has 0 fully saturated rings. The molecule has 1 amide bonds. The summed E-state index contributed by atoms with van der Waals surface area (Å²) >= 11 is 1.47. The number of hydrogen-bond donors (Lipinski definition) is 1. The molecule has 0 radical (unpaired) electrons. The van der Waals surface area contributed by atoms with Gasteiger partial charge in [0, 0.05) is 5.38 Å². The predicted molar refractivity (Wildman–Crippen MR) is 104 cm³/mol. The Bertz CT molecular complexity index is 891. The van der Waals surface area contributed by atoms with Gasteiger partial charge in [0.15, 0.2) is 0 Å². The van der Waals surface area contributed by atoms with Crippen LogP contribution in [0.3, 0.4) is 0 Å².